The molecule has 162 valence electrons. The standard InChI is InChI=1S/C25H24N4O3/c1-14-5-4-6-18(15(14)2)23-20(12-26-28(23)3)16-7-8-19-17(11-16)13-29(25(19)32)21-9-10-22(30)27-24(21)31/h4-8,11-12,21H,9-10,13H2,1-3H3,(H,27,30,31). The van der Waals surface area contributed by atoms with Crippen LogP contribution in [0.25, 0.3) is 22.4 Å². The van der Waals surface area contributed by atoms with Gasteiger partial charge in [0.1, 0.15) is 6.04 Å². The highest BCUT2D eigenvalue weighted by atomic mass is 16.2. The number of rotatable bonds is 3. The number of imide groups is 1. The van der Waals surface area contributed by atoms with Gasteiger partial charge in [-0.15, -0.1) is 0 Å². The molecule has 2 aliphatic heterocycles. The van der Waals surface area contributed by atoms with E-state index >= 15 is 0 Å². The first-order valence-electron chi connectivity index (χ1n) is 10.7. The van der Waals surface area contributed by atoms with Gasteiger partial charge in [-0.2, -0.15) is 5.10 Å². The molecular formula is C25H24N4O3. The number of aryl methyl sites for hydroxylation is 2. The van der Waals surface area contributed by atoms with E-state index in [1.165, 1.54) is 11.1 Å². The van der Waals surface area contributed by atoms with Crippen LogP contribution in [0, 0.1) is 13.8 Å². The topological polar surface area (TPSA) is 84.3 Å². The third-order valence-electron chi connectivity index (χ3n) is 6.63. The minimum atomic E-state index is -0.611. The molecule has 3 heterocycles. The Balaban J connectivity index is 1.52. The average molecular weight is 428 g/mol. The molecule has 7 nitrogen and oxygen atoms in total. The van der Waals surface area contributed by atoms with E-state index in [1.54, 1.807) is 4.90 Å². The zero-order valence-electron chi connectivity index (χ0n) is 18.3. The Kier molecular flexibility index (Phi) is 4.69. The number of amides is 3. The van der Waals surface area contributed by atoms with Gasteiger partial charge in [0, 0.05) is 36.7 Å². The lowest BCUT2D eigenvalue weighted by atomic mass is 9.94. The molecule has 7 heteroatoms. The van der Waals surface area contributed by atoms with Crippen LogP contribution >= 0.6 is 0 Å². The van der Waals surface area contributed by atoms with Gasteiger partial charge in [-0.05, 0) is 54.7 Å². The van der Waals surface area contributed by atoms with E-state index in [1.807, 2.05) is 42.2 Å². The monoisotopic (exact) mass is 428 g/mol. The zero-order chi connectivity index (χ0) is 22.6. The molecule has 1 aromatic heterocycles. The van der Waals surface area contributed by atoms with Crippen LogP contribution in [0.3, 0.4) is 0 Å². The van der Waals surface area contributed by atoms with Crippen LogP contribution in [-0.2, 0) is 23.2 Å². The van der Waals surface area contributed by atoms with Crippen molar-refractivity contribution in [3.8, 4) is 22.4 Å². The molecule has 0 saturated carbocycles. The van der Waals surface area contributed by atoms with Crippen molar-refractivity contribution in [3.63, 3.8) is 0 Å². The van der Waals surface area contributed by atoms with E-state index < -0.39 is 11.9 Å². The van der Waals surface area contributed by atoms with Crippen molar-refractivity contribution in [2.75, 3.05) is 0 Å². The second-order valence-corrected chi connectivity index (χ2v) is 8.55. The van der Waals surface area contributed by atoms with Crippen LogP contribution in [-0.4, -0.2) is 38.4 Å². The summed E-state index contributed by atoms with van der Waals surface area (Å²) in [5.74, 6) is -0.845. The van der Waals surface area contributed by atoms with Crippen molar-refractivity contribution < 1.29 is 14.4 Å². The number of hydrogen-bond donors (Lipinski definition) is 1. The molecule has 0 bridgehead atoms. The number of aromatic nitrogens is 2. The minimum absolute atomic E-state index is 0.165. The Morgan fingerprint density at radius 3 is 2.62 bits per heavy atom. The van der Waals surface area contributed by atoms with Crippen LogP contribution in [0.15, 0.2) is 42.6 Å². The number of piperidine rings is 1. The maximum absolute atomic E-state index is 13.0. The number of nitrogens with zero attached hydrogens (tertiary/aromatic N) is 3. The first-order valence-corrected chi connectivity index (χ1v) is 10.7. The van der Waals surface area contributed by atoms with Crippen molar-refractivity contribution in [2.45, 2.75) is 39.3 Å². The summed E-state index contributed by atoms with van der Waals surface area (Å²) in [5.41, 5.74) is 8.04. The van der Waals surface area contributed by atoms with Crippen molar-refractivity contribution in [3.05, 3.63) is 64.8 Å². The van der Waals surface area contributed by atoms with Gasteiger partial charge in [-0.1, -0.05) is 24.3 Å². The summed E-state index contributed by atoms with van der Waals surface area (Å²) in [4.78, 5) is 38.4. The Hall–Kier alpha value is -3.74. The molecule has 2 aromatic carbocycles. The molecular weight excluding hydrogens is 404 g/mol. The molecule has 1 saturated heterocycles. The summed E-state index contributed by atoms with van der Waals surface area (Å²) in [6, 6.07) is 11.4. The van der Waals surface area contributed by atoms with Crippen LogP contribution in [0.1, 0.15) is 39.9 Å². The van der Waals surface area contributed by atoms with Gasteiger partial charge < -0.3 is 4.90 Å². The first-order chi connectivity index (χ1) is 15.3. The zero-order valence-corrected chi connectivity index (χ0v) is 18.3. The predicted molar refractivity (Wildman–Crippen MR) is 120 cm³/mol. The van der Waals surface area contributed by atoms with Gasteiger partial charge >= 0.3 is 0 Å². The smallest absolute Gasteiger partial charge is 0.255 e. The van der Waals surface area contributed by atoms with E-state index in [-0.39, 0.29) is 18.2 Å². The highest BCUT2D eigenvalue weighted by Gasteiger charge is 2.39. The second kappa shape index (κ2) is 7.44. The van der Waals surface area contributed by atoms with Gasteiger partial charge in [0.2, 0.25) is 11.8 Å². The van der Waals surface area contributed by atoms with E-state index in [4.69, 9.17) is 0 Å². The number of carbonyl (C=O) groups is 3. The molecule has 2 aliphatic rings. The van der Waals surface area contributed by atoms with Crippen LogP contribution in [0.5, 0.6) is 0 Å². The number of hydrogen-bond acceptors (Lipinski definition) is 4. The lowest BCUT2D eigenvalue weighted by Crippen LogP contribution is -2.52. The summed E-state index contributed by atoms with van der Waals surface area (Å²) in [5, 5.41) is 6.85. The molecule has 0 aliphatic carbocycles. The van der Waals surface area contributed by atoms with E-state index in [0.29, 0.717) is 18.5 Å². The number of carbonyl (C=O) groups excluding carboxylic acids is 3. The maximum Gasteiger partial charge on any atom is 0.255 e. The normalized spacial score (nSPS) is 18.2. The quantitative estimate of drug-likeness (QED) is 0.650. The average Bonchev–Trinajstić information content (AvgIpc) is 3.30. The van der Waals surface area contributed by atoms with E-state index in [0.717, 1.165) is 27.9 Å². The number of fused-ring (bicyclic) bond motifs is 1. The molecule has 0 spiro atoms. The van der Waals surface area contributed by atoms with Crippen molar-refractivity contribution >= 4 is 17.7 Å². The molecule has 1 unspecified atom stereocenters. The molecule has 0 radical (unpaired) electrons. The Labute approximate surface area is 186 Å². The third-order valence-corrected chi connectivity index (χ3v) is 6.63. The molecule has 1 N–H and O–H groups in total. The fraction of sp³-hybridized carbons (Fsp3) is 0.280. The van der Waals surface area contributed by atoms with Crippen LogP contribution in [0.2, 0.25) is 0 Å². The van der Waals surface area contributed by atoms with Gasteiger partial charge in [0.05, 0.1) is 11.9 Å². The Bertz CT molecular complexity index is 1290. The number of nitrogens with one attached hydrogen (secondary N) is 1. The Morgan fingerprint density at radius 1 is 1.03 bits per heavy atom. The predicted octanol–water partition coefficient (Wildman–Crippen LogP) is 3.13. The first kappa shape index (κ1) is 20.2. The fourth-order valence-electron chi connectivity index (χ4n) is 4.72. The van der Waals surface area contributed by atoms with Gasteiger partial charge in [-0.3, -0.25) is 24.4 Å². The SMILES string of the molecule is Cc1cccc(-c2c(-c3ccc4c(c3)CN(C3CCC(=O)NC3=O)C4=O)cnn2C)c1C. The second-order valence-electron chi connectivity index (χ2n) is 8.55. The largest absolute Gasteiger partial charge is 0.322 e. The minimum Gasteiger partial charge on any atom is -0.322 e. The van der Waals surface area contributed by atoms with Crippen molar-refractivity contribution in [1.29, 1.82) is 0 Å². The summed E-state index contributed by atoms with van der Waals surface area (Å²) < 4.78 is 1.88. The highest BCUT2D eigenvalue weighted by Crippen LogP contribution is 2.37. The molecule has 5 rings (SSSR count). The van der Waals surface area contributed by atoms with Crippen LogP contribution < -0.4 is 5.32 Å². The lowest BCUT2D eigenvalue weighted by Gasteiger charge is -2.29. The molecule has 3 amide bonds. The van der Waals surface area contributed by atoms with Gasteiger partial charge in [-0.25, -0.2) is 0 Å². The maximum atomic E-state index is 13.0. The summed E-state index contributed by atoms with van der Waals surface area (Å²) in [6.45, 7) is 4.56. The lowest BCUT2D eigenvalue weighted by molar-refractivity contribution is -0.136. The number of benzene rings is 2. The summed E-state index contributed by atoms with van der Waals surface area (Å²) in [6.07, 6.45) is 2.46. The molecule has 1 fully saturated rings. The third kappa shape index (κ3) is 3.12. The highest BCUT2D eigenvalue weighted by molar-refractivity contribution is 6.05. The van der Waals surface area contributed by atoms with Gasteiger partial charge in [0.15, 0.2) is 0 Å². The van der Waals surface area contributed by atoms with E-state index in [9.17, 15) is 14.4 Å². The molecule has 3 aromatic rings. The van der Waals surface area contributed by atoms with Crippen LogP contribution in [0.4, 0.5) is 0 Å². The molecule has 32 heavy (non-hydrogen) atoms. The summed E-state index contributed by atoms with van der Waals surface area (Å²) in [7, 11) is 1.93. The fourth-order valence-corrected chi connectivity index (χ4v) is 4.72. The van der Waals surface area contributed by atoms with Crippen molar-refractivity contribution in [2.24, 2.45) is 7.05 Å². The molecule has 1 atom stereocenters. The van der Waals surface area contributed by atoms with Crippen molar-refractivity contribution in [1.82, 2.24) is 20.0 Å². The summed E-state index contributed by atoms with van der Waals surface area (Å²) >= 11 is 0. The van der Waals surface area contributed by atoms with Gasteiger partial charge in [0.25, 0.3) is 5.91 Å². The Morgan fingerprint density at radius 2 is 1.84 bits per heavy atom. The van der Waals surface area contributed by atoms with E-state index in [2.05, 4.69) is 36.4 Å².